The Morgan fingerprint density at radius 3 is 2.69 bits per heavy atom. The highest BCUT2D eigenvalue weighted by molar-refractivity contribution is 5.29. The van der Waals surface area contributed by atoms with E-state index in [0.717, 1.165) is 6.42 Å². The minimum atomic E-state index is 0.0467. The maximum atomic E-state index is 6.20. The molecule has 1 aromatic heterocycles. The number of nitrogens with two attached hydrogens (primary N) is 1. The van der Waals surface area contributed by atoms with E-state index in [1.807, 2.05) is 24.4 Å². The van der Waals surface area contributed by atoms with Gasteiger partial charge in [0, 0.05) is 18.4 Å². The summed E-state index contributed by atoms with van der Waals surface area (Å²) in [6.07, 6.45) is 4.49. The minimum absolute atomic E-state index is 0.0467. The Balaban J connectivity index is 2.15. The van der Waals surface area contributed by atoms with Gasteiger partial charge < -0.3 is 5.73 Å². The lowest BCUT2D eigenvalue weighted by Gasteiger charge is -2.14. The molecule has 16 heavy (non-hydrogen) atoms. The molecule has 0 saturated carbocycles. The molecule has 0 fully saturated rings. The predicted octanol–water partition coefficient (Wildman–Crippen LogP) is 2.63. The molecule has 2 rings (SSSR count). The zero-order chi connectivity index (χ0) is 11.4. The van der Waals surface area contributed by atoms with Gasteiger partial charge in [-0.05, 0) is 36.1 Å². The smallest absolute Gasteiger partial charge is 0.0338 e. The summed E-state index contributed by atoms with van der Waals surface area (Å²) in [5, 5.41) is 0. The second-order valence-electron chi connectivity index (χ2n) is 4.03. The highest BCUT2D eigenvalue weighted by Crippen LogP contribution is 2.18. The zero-order valence-corrected chi connectivity index (χ0v) is 9.43. The fourth-order valence-electron chi connectivity index (χ4n) is 1.89. The van der Waals surface area contributed by atoms with Crippen LogP contribution in [0.2, 0.25) is 0 Å². The number of aryl methyl sites for hydroxylation is 1. The fraction of sp³-hybridized carbons (Fsp3) is 0.214. The Morgan fingerprint density at radius 1 is 1.19 bits per heavy atom. The van der Waals surface area contributed by atoms with Crippen molar-refractivity contribution in [2.45, 2.75) is 19.4 Å². The molecule has 0 spiro atoms. The van der Waals surface area contributed by atoms with Crippen molar-refractivity contribution in [2.75, 3.05) is 0 Å². The Bertz CT molecular complexity index is 451. The van der Waals surface area contributed by atoms with Crippen molar-refractivity contribution in [3.05, 3.63) is 65.5 Å². The molecule has 2 N–H and O–H groups in total. The third kappa shape index (κ3) is 2.47. The first-order valence-electron chi connectivity index (χ1n) is 5.47. The number of benzene rings is 1. The van der Waals surface area contributed by atoms with Crippen molar-refractivity contribution in [3.8, 4) is 0 Å². The lowest BCUT2D eigenvalue weighted by atomic mass is 9.97. The van der Waals surface area contributed by atoms with E-state index >= 15 is 0 Å². The minimum Gasteiger partial charge on any atom is -0.324 e. The summed E-state index contributed by atoms with van der Waals surface area (Å²) in [5.74, 6) is 0. The van der Waals surface area contributed by atoms with Gasteiger partial charge in [0.2, 0.25) is 0 Å². The van der Waals surface area contributed by atoms with Crippen molar-refractivity contribution in [1.82, 2.24) is 4.98 Å². The lowest BCUT2D eigenvalue weighted by Crippen LogP contribution is -2.14. The van der Waals surface area contributed by atoms with Crippen LogP contribution in [0.3, 0.4) is 0 Å². The number of rotatable bonds is 3. The van der Waals surface area contributed by atoms with Crippen molar-refractivity contribution in [3.63, 3.8) is 0 Å². The third-order valence-corrected chi connectivity index (χ3v) is 2.77. The molecule has 0 aliphatic heterocycles. The van der Waals surface area contributed by atoms with E-state index in [2.05, 4.69) is 30.1 Å². The van der Waals surface area contributed by atoms with Crippen molar-refractivity contribution in [2.24, 2.45) is 5.73 Å². The largest absolute Gasteiger partial charge is 0.324 e. The molecule has 0 amide bonds. The lowest BCUT2D eigenvalue weighted by molar-refractivity contribution is 0.714. The van der Waals surface area contributed by atoms with Gasteiger partial charge in [0.15, 0.2) is 0 Å². The van der Waals surface area contributed by atoms with Crippen LogP contribution in [-0.2, 0) is 6.42 Å². The molecule has 0 aliphatic rings. The monoisotopic (exact) mass is 212 g/mol. The molecule has 0 radical (unpaired) electrons. The fourth-order valence-corrected chi connectivity index (χ4v) is 1.89. The average Bonchev–Trinajstić information content (AvgIpc) is 2.31. The SMILES string of the molecule is Cc1ccccc1C(N)Cc1cccnc1. The molecule has 0 bridgehead atoms. The predicted molar refractivity (Wildman–Crippen MR) is 66.0 cm³/mol. The van der Waals surface area contributed by atoms with E-state index < -0.39 is 0 Å². The molecule has 2 heteroatoms. The molecule has 2 aromatic rings. The van der Waals surface area contributed by atoms with Crippen LogP contribution in [0.15, 0.2) is 48.8 Å². The Kier molecular flexibility index (Phi) is 3.32. The summed E-state index contributed by atoms with van der Waals surface area (Å²) in [6.45, 7) is 2.10. The van der Waals surface area contributed by atoms with Gasteiger partial charge in [0.05, 0.1) is 0 Å². The molecule has 1 unspecified atom stereocenters. The quantitative estimate of drug-likeness (QED) is 0.849. The van der Waals surface area contributed by atoms with Crippen LogP contribution in [0.4, 0.5) is 0 Å². The Hall–Kier alpha value is -1.67. The molecule has 82 valence electrons. The molecule has 1 heterocycles. The zero-order valence-electron chi connectivity index (χ0n) is 9.43. The van der Waals surface area contributed by atoms with Crippen molar-refractivity contribution in [1.29, 1.82) is 0 Å². The molecule has 2 nitrogen and oxygen atoms in total. The Labute approximate surface area is 96.1 Å². The Morgan fingerprint density at radius 2 is 2.00 bits per heavy atom. The summed E-state index contributed by atoms with van der Waals surface area (Å²) in [6, 6.07) is 12.3. The third-order valence-electron chi connectivity index (χ3n) is 2.77. The van der Waals surface area contributed by atoms with Gasteiger partial charge in [-0.25, -0.2) is 0 Å². The van der Waals surface area contributed by atoms with Crippen LogP contribution in [0.25, 0.3) is 0 Å². The first kappa shape index (κ1) is 10.8. The summed E-state index contributed by atoms with van der Waals surface area (Å²) < 4.78 is 0. The van der Waals surface area contributed by atoms with Crippen LogP contribution >= 0.6 is 0 Å². The standard InChI is InChI=1S/C14H16N2/c1-11-5-2-3-7-13(11)14(15)9-12-6-4-8-16-10-12/h2-8,10,14H,9,15H2,1H3. The van der Waals surface area contributed by atoms with Gasteiger partial charge in [0.25, 0.3) is 0 Å². The van der Waals surface area contributed by atoms with Crippen molar-refractivity contribution < 1.29 is 0 Å². The first-order valence-corrected chi connectivity index (χ1v) is 5.47. The number of nitrogens with zero attached hydrogens (tertiary/aromatic N) is 1. The molecule has 1 aromatic carbocycles. The van der Waals surface area contributed by atoms with E-state index in [9.17, 15) is 0 Å². The van der Waals surface area contributed by atoms with Gasteiger partial charge in [-0.2, -0.15) is 0 Å². The average molecular weight is 212 g/mol. The number of hydrogen-bond acceptors (Lipinski definition) is 2. The first-order chi connectivity index (χ1) is 7.77. The maximum Gasteiger partial charge on any atom is 0.0338 e. The van der Waals surface area contributed by atoms with Gasteiger partial charge in [0.1, 0.15) is 0 Å². The summed E-state index contributed by atoms with van der Waals surface area (Å²) >= 11 is 0. The highest BCUT2D eigenvalue weighted by atomic mass is 14.6. The molecular weight excluding hydrogens is 196 g/mol. The normalized spacial score (nSPS) is 12.4. The molecular formula is C14H16N2. The summed E-state index contributed by atoms with van der Waals surface area (Å²) in [5.41, 5.74) is 9.84. The van der Waals surface area contributed by atoms with E-state index in [0.29, 0.717) is 0 Å². The van der Waals surface area contributed by atoms with Gasteiger partial charge in [-0.1, -0.05) is 30.3 Å². The second kappa shape index (κ2) is 4.90. The molecule has 1 atom stereocenters. The van der Waals surface area contributed by atoms with E-state index in [1.54, 1.807) is 6.20 Å². The van der Waals surface area contributed by atoms with Crippen LogP contribution in [0.1, 0.15) is 22.7 Å². The number of hydrogen-bond donors (Lipinski definition) is 1. The van der Waals surface area contributed by atoms with Crippen LogP contribution < -0.4 is 5.73 Å². The topological polar surface area (TPSA) is 38.9 Å². The van der Waals surface area contributed by atoms with E-state index in [4.69, 9.17) is 5.73 Å². The van der Waals surface area contributed by atoms with Crippen molar-refractivity contribution >= 4 is 0 Å². The second-order valence-corrected chi connectivity index (χ2v) is 4.03. The summed E-state index contributed by atoms with van der Waals surface area (Å²) in [7, 11) is 0. The highest BCUT2D eigenvalue weighted by Gasteiger charge is 2.08. The number of aromatic nitrogens is 1. The van der Waals surface area contributed by atoms with Crippen LogP contribution in [0.5, 0.6) is 0 Å². The van der Waals surface area contributed by atoms with Crippen LogP contribution in [-0.4, -0.2) is 4.98 Å². The van der Waals surface area contributed by atoms with Gasteiger partial charge in [-0.3, -0.25) is 4.98 Å². The summed E-state index contributed by atoms with van der Waals surface area (Å²) in [4.78, 5) is 4.10. The van der Waals surface area contributed by atoms with E-state index in [-0.39, 0.29) is 6.04 Å². The van der Waals surface area contributed by atoms with E-state index in [1.165, 1.54) is 16.7 Å². The maximum absolute atomic E-state index is 6.20. The molecule has 0 saturated heterocycles. The van der Waals surface area contributed by atoms with Crippen LogP contribution in [0, 0.1) is 6.92 Å². The number of pyridine rings is 1. The molecule has 0 aliphatic carbocycles. The van der Waals surface area contributed by atoms with Gasteiger partial charge in [-0.15, -0.1) is 0 Å². The van der Waals surface area contributed by atoms with Gasteiger partial charge >= 0.3 is 0 Å².